The first-order valence-corrected chi connectivity index (χ1v) is 19.1. The Balaban J connectivity index is 0. The third-order valence-corrected chi connectivity index (χ3v) is 8.66. The summed E-state index contributed by atoms with van der Waals surface area (Å²) in [4.78, 5) is 0. The zero-order valence-corrected chi connectivity index (χ0v) is 31.9. The van der Waals surface area contributed by atoms with Crippen LogP contribution in [0.4, 0.5) is 0 Å². The molecule has 0 aromatic heterocycles. The van der Waals surface area contributed by atoms with Crippen LogP contribution in [-0.2, 0) is 14.6 Å². The molecular formula is C35H69KO4S. The van der Waals surface area contributed by atoms with Crippen molar-refractivity contribution >= 4 is 10.4 Å². The average molecular weight is 625 g/mol. The molecule has 0 N–H and O–H groups in total. The topological polar surface area (TPSA) is 66.4 Å². The first kappa shape index (κ1) is 44.4. The van der Waals surface area contributed by atoms with E-state index in [1.54, 1.807) is 0 Å². The normalized spacial score (nSPS) is 12.7. The maximum Gasteiger partial charge on any atom is 1.00 e. The quantitative estimate of drug-likeness (QED) is 0.0240. The molecule has 0 aliphatic heterocycles. The molecule has 41 heavy (non-hydrogen) atoms. The predicted octanol–water partition coefficient (Wildman–Crippen LogP) is 8.99. The van der Waals surface area contributed by atoms with E-state index in [-0.39, 0.29) is 63.9 Å². The van der Waals surface area contributed by atoms with Gasteiger partial charge in [-0.25, -0.2) is 8.42 Å². The van der Waals surface area contributed by atoms with Gasteiger partial charge in [0.25, 0.3) is 0 Å². The second-order valence-electron chi connectivity index (χ2n) is 12.3. The van der Waals surface area contributed by atoms with Crippen LogP contribution in [0, 0.1) is 5.92 Å². The average Bonchev–Trinajstić information content (AvgIpc) is 2.93. The fraction of sp³-hybridized carbons (Fsp3) is 0.943. The monoisotopic (exact) mass is 624 g/mol. The van der Waals surface area contributed by atoms with Crippen LogP contribution in [0.25, 0.3) is 0 Å². The SMILES string of the molecule is CCCCCCCCCCCCCCC/C=C/C(CCCCCCCCCCCCCCCC)COS(=O)(=O)[O-].[K+]. The van der Waals surface area contributed by atoms with Crippen molar-refractivity contribution in [1.29, 1.82) is 0 Å². The summed E-state index contributed by atoms with van der Waals surface area (Å²) >= 11 is 0. The van der Waals surface area contributed by atoms with Gasteiger partial charge in [-0.15, -0.1) is 0 Å². The summed E-state index contributed by atoms with van der Waals surface area (Å²) in [6, 6.07) is 0. The summed E-state index contributed by atoms with van der Waals surface area (Å²) in [5.41, 5.74) is 0. The van der Waals surface area contributed by atoms with Crippen LogP contribution in [0.3, 0.4) is 0 Å². The maximum absolute atomic E-state index is 10.9. The van der Waals surface area contributed by atoms with Gasteiger partial charge in [0.1, 0.15) is 0 Å². The first-order valence-electron chi connectivity index (χ1n) is 17.8. The molecule has 6 heteroatoms. The van der Waals surface area contributed by atoms with Gasteiger partial charge < -0.3 is 4.55 Å². The Hall–Kier alpha value is 1.25. The minimum absolute atomic E-state index is 0. The van der Waals surface area contributed by atoms with Crippen LogP contribution in [0.5, 0.6) is 0 Å². The van der Waals surface area contributed by atoms with Crippen molar-refractivity contribution in [2.24, 2.45) is 5.92 Å². The summed E-state index contributed by atoms with van der Waals surface area (Å²) in [7, 11) is -4.62. The van der Waals surface area contributed by atoms with Crippen molar-refractivity contribution in [3.63, 3.8) is 0 Å². The molecule has 0 radical (unpaired) electrons. The molecule has 0 saturated heterocycles. The second kappa shape index (κ2) is 35.7. The van der Waals surface area contributed by atoms with E-state index in [4.69, 9.17) is 0 Å². The fourth-order valence-corrected chi connectivity index (χ4v) is 5.92. The Morgan fingerprint density at radius 3 is 1.20 bits per heavy atom. The van der Waals surface area contributed by atoms with Crippen molar-refractivity contribution < 1.29 is 68.5 Å². The molecule has 0 rings (SSSR count). The fourth-order valence-electron chi connectivity index (χ4n) is 5.58. The molecule has 4 nitrogen and oxygen atoms in total. The summed E-state index contributed by atoms with van der Waals surface area (Å²) in [5, 5.41) is 0. The molecule has 0 aliphatic carbocycles. The molecule has 0 fully saturated rings. The van der Waals surface area contributed by atoms with Gasteiger partial charge in [0, 0.05) is 5.92 Å². The van der Waals surface area contributed by atoms with E-state index in [0.29, 0.717) is 0 Å². The summed E-state index contributed by atoms with van der Waals surface area (Å²) in [6.45, 7) is 4.53. The zero-order valence-electron chi connectivity index (χ0n) is 28.0. The van der Waals surface area contributed by atoms with E-state index in [1.165, 1.54) is 167 Å². The molecule has 0 aromatic carbocycles. The molecule has 0 spiro atoms. The largest absolute Gasteiger partial charge is 1.00 e. The molecule has 0 saturated carbocycles. The van der Waals surface area contributed by atoms with Gasteiger partial charge in [-0.05, 0) is 19.3 Å². The van der Waals surface area contributed by atoms with Gasteiger partial charge in [0.2, 0.25) is 10.4 Å². The Bertz CT molecular complexity index is 624. The van der Waals surface area contributed by atoms with Crippen molar-refractivity contribution in [3.8, 4) is 0 Å². The van der Waals surface area contributed by atoms with Crippen molar-refractivity contribution in [2.45, 2.75) is 200 Å². The van der Waals surface area contributed by atoms with E-state index in [0.717, 1.165) is 19.3 Å². The van der Waals surface area contributed by atoms with Crippen molar-refractivity contribution in [2.75, 3.05) is 6.61 Å². The Morgan fingerprint density at radius 2 is 0.854 bits per heavy atom. The van der Waals surface area contributed by atoms with Gasteiger partial charge in [-0.1, -0.05) is 193 Å². The van der Waals surface area contributed by atoms with Gasteiger partial charge in [-0.2, -0.15) is 0 Å². The smallest absolute Gasteiger partial charge is 0.726 e. The van der Waals surface area contributed by atoms with E-state index in [9.17, 15) is 13.0 Å². The van der Waals surface area contributed by atoms with E-state index >= 15 is 0 Å². The molecule has 240 valence electrons. The van der Waals surface area contributed by atoms with E-state index in [2.05, 4.69) is 30.2 Å². The van der Waals surface area contributed by atoms with Crippen LogP contribution in [0.15, 0.2) is 12.2 Å². The summed E-state index contributed by atoms with van der Waals surface area (Å²) in [5.74, 6) is 0.0167. The number of rotatable bonds is 33. The maximum atomic E-state index is 10.9. The van der Waals surface area contributed by atoms with E-state index in [1.807, 2.05) is 0 Å². The van der Waals surface area contributed by atoms with Crippen LogP contribution < -0.4 is 51.4 Å². The minimum atomic E-state index is -4.62. The van der Waals surface area contributed by atoms with Crippen LogP contribution in [-0.4, -0.2) is 19.6 Å². The predicted molar refractivity (Wildman–Crippen MR) is 174 cm³/mol. The minimum Gasteiger partial charge on any atom is -0.726 e. The van der Waals surface area contributed by atoms with Crippen LogP contribution in [0.2, 0.25) is 0 Å². The van der Waals surface area contributed by atoms with Crippen molar-refractivity contribution in [1.82, 2.24) is 0 Å². The number of hydrogen-bond acceptors (Lipinski definition) is 4. The van der Waals surface area contributed by atoms with Gasteiger partial charge in [-0.3, -0.25) is 4.18 Å². The molecule has 0 aliphatic rings. The second-order valence-corrected chi connectivity index (χ2v) is 13.3. The standard InChI is InChI=1S/C35H70O4S.K/c1-3-5-7-9-11-13-15-17-19-21-23-25-27-29-31-33-35(34-39-40(36,37)38)32-30-28-26-24-22-20-18-16-14-12-10-8-6-4-2;/h31,33,35H,3-30,32,34H2,1-2H3,(H,36,37,38);/q;+1/p-1/b33-31+;. The van der Waals surface area contributed by atoms with Crippen molar-refractivity contribution in [3.05, 3.63) is 12.2 Å². The van der Waals surface area contributed by atoms with Crippen LogP contribution in [0.1, 0.15) is 200 Å². The molecule has 0 aromatic rings. The number of hydrogen-bond donors (Lipinski definition) is 0. The Morgan fingerprint density at radius 1 is 0.537 bits per heavy atom. The number of allylic oxidation sites excluding steroid dienone is 1. The molecular weight excluding hydrogens is 556 g/mol. The van der Waals surface area contributed by atoms with Crippen LogP contribution >= 0.6 is 0 Å². The molecule has 1 unspecified atom stereocenters. The van der Waals surface area contributed by atoms with Gasteiger partial charge >= 0.3 is 51.4 Å². The molecule has 1 atom stereocenters. The summed E-state index contributed by atoms with van der Waals surface area (Å²) < 4.78 is 37.4. The third-order valence-electron chi connectivity index (χ3n) is 8.24. The first-order chi connectivity index (χ1) is 19.5. The van der Waals surface area contributed by atoms with E-state index < -0.39 is 10.4 Å². The Labute approximate surface area is 300 Å². The molecule has 0 bridgehead atoms. The Kier molecular flexibility index (Phi) is 38.7. The molecule has 0 amide bonds. The third kappa shape index (κ3) is 39.2. The number of unbranched alkanes of at least 4 members (excludes halogenated alkanes) is 26. The van der Waals surface area contributed by atoms with Gasteiger partial charge in [0.15, 0.2) is 0 Å². The zero-order chi connectivity index (χ0) is 29.4. The molecule has 0 heterocycles. The van der Waals surface area contributed by atoms with Gasteiger partial charge in [0.05, 0.1) is 6.61 Å². The summed E-state index contributed by atoms with van der Waals surface area (Å²) in [6.07, 6.45) is 42.4.